The molecule has 2 aromatic heterocycles. The van der Waals surface area contributed by atoms with Crippen LogP contribution in [0.2, 0.25) is 0 Å². The number of methoxy groups -OCH3 is 1. The summed E-state index contributed by atoms with van der Waals surface area (Å²) in [7, 11) is 1.60. The minimum atomic E-state index is -0.960. The van der Waals surface area contributed by atoms with Crippen LogP contribution < -0.4 is 14.8 Å². The number of carbonyl (C=O) groups excluding carboxylic acids is 2. The molecule has 0 unspecified atom stereocenters. The van der Waals surface area contributed by atoms with Crippen LogP contribution in [0.1, 0.15) is 40.3 Å². The predicted molar refractivity (Wildman–Crippen MR) is 134 cm³/mol. The zero-order chi connectivity index (χ0) is 25.3. The van der Waals surface area contributed by atoms with E-state index in [1.165, 1.54) is 11.2 Å². The summed E-state index contributed by atoms with van der Waals surface area (Å²) in [5.41, 5.74) is 1.67. The number of nitrogens with one attached hydrogen (secondary N) is 1. The third-order valence-electron chi connectivity index (χ3n) is 5.44. The molecule has 2 amide bonds. The van der Waals surface area contributed by atoms with E-state index in [-0.39, 0.29) is 24.7 Å². The van der Waals surface area contributed by atoms with Crippen molar-refractivity contribution in [3.05, 3.63) is 94.9 Å². The summed E-state index contributed by atoms with van der Waals surface area (Å²) in [6.45, 7) is 2.76. The van der Waals surface area contributed by atoms with Crippen molar-refractivity contribution in [3.8, 4) is 11.5 Å². The molecule has 0 aliphatic heterocycles. The average Bonchev–Trinajstić information content (AvgIpc) is 3.63. The van der Waals surface area contributed by atoms with Crippen molar-refractivity contribution in [3.63, 3.8) is 0 Å². The fourth-order valence-corrected chi connectivity index (χ4v) is 4.10. The number of amides is 2. The molecule has 9 nitrogen and oxygen atoms in total. The molecule has 0 saturated carbocycles. The van der Waals surface area contributed by atoms with Gasteiger partial charge < -0.3 is 24.1 Å². The summed E-state index contributed by atoms with van der Waals surface area (Å²) in [5.74, 6) is 1.15. The van der Waals surface area contributed by atoms with Crippen molar-refractivity contribution >= 4 is 23.3 Å². The lowest BCUT2D eigenvalue weighted by atomic mass is 10.0. The molecule has 2 heterocycles. The summed E-state index contributed by atoms with van der Waals surface area (Å²) in [6.07, 6.45) is 1.53. The number of carbonyl (C=O) groups is 2. The predicted octanol–water partition coefficient (Wildman–Crippen LogP) is 4.24. The normalized spacial score (nSPS) is 11.5. The molecule has 1 atom stereocenters. The quantitative estimate of drug-likeness (QED) is 0.324. The molecule has 0 fully saturated rings. The first kappa shape index (κ1) is 24.9. The van der Waals surface area contributed by atoms with E-state index in [4.69, 9.17) is 13.9 Å². The van der Waals surface area contributed by atoms with Gasteiger partial charge in [0.05, 0.1) is 26.5 Å². The summed E-state index contributed by atoms with van der Waals surface area (Å²) in [5, 5.41) is 8.46. The highest BCUT2D eigenvalue weighted by Gasteiger charge is 2.34. The highest BCUT2D eigenvalue weighted by Crippen LogP contribution is 2.28. The molecule has 0 radical (unpaired) electrons. The van der Waals surface area contributed by atoms with Gasteiger partial charge in [0.2, 0.25) is 5.91 Å². The number of rotatable bonds is 11. The van der Waals surface area contributed by atoms with Crippen molar-refractivity contribution in [1.82, 2.24) is 19.8 Å². The summed E-state index contributed by atoms with van der Waals surface area (Å²) in [6, 6.07) is 17.1. The van der Waals surface area contributed by atoms with Crippen LogP contribution in [0.5, 0.6) is 11.5 Å². The Kier molecular flexibility index (Phi) is 8.30. The first-order valence-corrected chi connectivity index (χ1v) is 12.2. The second-order valence-electron chi connectivity index (χ2n) is 7.77. The number of benzene rings is 2. The fourth-order valence-electron chi connectivity index (χ4n) is 3.67. The largest absolute Gasteiger partial charge is 0.497 e. The summed E-state index contributed by atoms with van der Waals surface area (Å²) < 4.78 is 20.1. The van der Waals surface area contributed by atoms with Gasteiger partial charge in [-0.15, -0.1) is 5.10 Å². The number of hydrogen-bond donors (Lipinski definition) is 1. The smallest absolute Gasteiger partial charge is 0.276 e. The van der Waals surface area contributed by atoms with Crippen LogP contribution in [0, 0.1) is 0 Å². The monoisotopic (exact) mass is 506 g/mol. The number of hydrogen-bond acceptors (Lipinski definition) is 8. The standard InChI is InChI=1S/C26H26N4O5S/c1-3-34-21-12-8-19(9-13-21)24(25(31)27-15-18-6-10-20(33-2)11-7-18)30(16-22-5-4-14-35-22)26(32)23-17-36-29-28-23/h4-14,17,24H,3,15-16H2,1-2H3,(H,27,31)/t24-/m1/s1. The maximum Gasteiger partial charge on any atom is 0.276 e. The van der Waals surface area contributed by atoms with Crippen LogP contribution in [0.4, 0.5) is 0 Å². The molecule has 4 rings (SSSR count). The Morgan fingerprint density at radius 1 is 1.08 bits per heavy atom. The Hall–Kier alpha value is -4.18. The van der Waals surface area contributed by atoms with Gasteiger partial charge in [0.15, 0.2) is 5.69 Å². The lowest BCUT2D eigenvalue weighted by molar-refractivity contribution is -0.126. The average molecular weight is 507 g/mol. The zero-order valence-electron chi connectivity index (χ0n) is 19.9. The van der Waals surface area contributed by atoms with Crippen molar-refractivity contribution in [2.45, 2.75) is 26.1 Å². The molecule has 0 saturated heterocycles. The minimum absolute atomic E-state index is 0.0667. The molecule has 2 aromatic carbocycles. The minimum Gasteiger partial charge on any atom is -0.497 e. The van der Waals surface area contributed by atoms with Crippen molar-refractivity contribution in [2.24, 2.45) is 0 Å². The van der Waals surface area contributed by atoms with E-state index >= 15 is 0 Å². The van der Waals surface area contributed by atoms with Gasteiger partial charge in [-0.25, -0.2) is 0 Å². The van der Waals surface area contributed by atoms with Crippen molar-refractivity contribution in [2.75, 3.05) is 13.7 Å². The molecular weight excluding hydrogens is 480 g/mol. The second-order valence-corrected chi connectivity index (χ2v) is 8.38. The second kappa shape index (κ2) is 12.0. The van der Waals surface area contributed by atoms with E-state index in [2.05, 4.69) is 14.9 Å². The number of ether oxygens (including phenoxy) is 2. The first-order valence-electron chi connectivity index (χ1n) is 11.3. The SMILES string of the molecule is CCOc1ccc([C@H](C(=O)NCc2ccc(OC)cc2)N(Cc2ccco2)C(=O)c2csnn2)cc1. The highest BCUT2D eigenvalue weighted by molar-refractivity contribution is 7.03. The molecule has 1 N–H and O–H groups in total. The van der Waals surface area contributed by atoms with Gasteiger partial charge >= 0.3 is 0 Å². The molecular formula is C26H26N4O5S. The Morgan fingerprint density at radius 3 is 2.44 bits per heavy atom. The van der Waals surface area contributed by atoms with E-state index in [1.807, 2.05) is 31.2 Å². The van der Waals surface area contributed by atoms with Crippen LogP contribution in [-0.2, 0) is 17.9 Å². The number of furan rings is 1. The fraction of sp³-hybridized carbons (Fsp3) is 0.231. The Morgan fingerprint density at radius 2 is 1.83 bits per heavy atom. The third kappa shape index (κ3) is 6.08. The lowest BCUT2D eigenvalue weighted by Crippen LogP contribution is -2.43. The topological polar surface area (TPSA) is 107 Å². The van der Waals surface area contributed by atoms with Crippen molar-refractivity contribution < 1.29 is 23.5 Å². The van der Waals surface area contributed by atoms with E-state index < -0.39 is 11.9 Å². The van der Waals surface area contributed by atoms with E-state index in [0.29, 0.717) is 23.7 Å². The molecule has 36 heavy (non-hydrogen) atoms. The van der Waals surface area contributed by atoms with Gasteiger partial charge in [0.25, 0.3) is 5.91 Å². The summed E-state index contributed by atoms with van der Waals surface area (Å²) >= 11 is 1.07. The van der Waals surface area contributed by atoms with Crippen LogP contribution in [0.25, 0.3) is 0 Å². The van der Waals surface area contributed by atoms with Crippen LogP contribution in [-0.4, -0.2) is 40.0 Å². The molecule has 10 heteroatoms. The lowest BCUT2D eigenvalue weighted by Gasteiger charge is -2.30. The Bertz CT molecular complexity index is 1240. The van der Waals surface area contributed by atoms with E-state index in [9.17, 15) is 9.59 Å². The Labute approximate surface area is 212 Å². The molecule has 0 spiro atoms. The highest BCUT2D eigenvalue weighted by atomic mass is 32.1. The molecule has 0 bridgehead atoms. The van der Waals surface area contributed by atoms with Gasteiger partial charge in [-0.2, -0.15) is 0 Å². The zero-order valence-corrected chi connectivity index (χ0v) is 20.7. The van der Waals surface area contributed by atoms with E-state index in [0.717, 1.165) is 22.8 Å². The molecule has 186 valence electrons. The molecule has 0 aliphatic rings. The van der Waals surface area contributed by atoms with Gasteiger partial charge in [0.1, 0.15) is 23.3 Å². The van der Waals surface area contributed by atoms with Crippen molar-refractivity contribution in [1.29, 1.82) is 0 Å². The number of nitrogens with zero attached hydrogens (tertiary/aromatic N) is 3. The maximum atomic E-state index is 13.7. The maximum absolute atomic E-state index is 13.7. The van der Waals surface area contributed by atoms with Gasteiger partial charge in [-0.05, 0) is 66.0 Å². The summed E-state index contributed by atoms with van der Waals surface area (Å²) in [4.78, 5) is 28.6. The van der Waals surface area contributed by atoms with Gasteiger partial charge in [-0.1, -0.05) is 28.8 Å². The van der Waals surface area contributed by atoms with Gasteiger partial charge in [0, 0.05) is 11.9 Å². The Balaban J connectivity index is 1.66. The molecule has 0 aliphatic carbocycles. The van der Waals surface area contributed by atoms with E-state index in [1.54, 1.807) is 48.9 Å². The number of aromatic nitrogens is 2. The van der Waals surface area contributed by atoms with Gasteiger partial charge in [-0.3, -0.25) is 9.59 Å². The first-order chi connectivity index (χ1) is 17.6. The van der Waals surface area contributed by atoms with Crippen LogP contribution in [0.3, 0.4) is 0 Å². The van der Waals surface area contributed by atoms with Crippen LogP contribution >= 0.6 is 11.5 Å². The van der Waals surface area contributed by atoms with Crippen LogP contribution in [0.15, 0.2) is 76.7 Å². The third-order valence-corrected chi connectivity index (χ3v) is 5.94. The molecule has 4 aromatic rings.